The van der Waals surface area contributed by atoms with Crippen molar-refractivity contribution in [3.8, 4) is 0 Å². The smallest absolute Gasteiger partial charge is 0.328 e. The lowest BCUT2D eigenvalue weighted by Crippen LogP contribution is -2.21. The molecule has 1 aromatic rings. The molecule has 0 saturated heterocycles. The highest BCUT2D eigenvalue weighted by Gasteiger charge is 2.04. The van der Waals surface area contributed by atoms with Gasteiger partial charge in [0.05, 0.1) is 0 Å². The van der Waals surface area contributed by atoms with Crippen LogP contribution in [0.15, 0.2) is 30.4 Å². The van der Waals surface area contributed by atoms with E-state index in [0.717, 1.165) is 12.1 Å². The third-order valence-corrected chi connectivity index (χ3v) is 1.85. The first-order valence-electron chi connectivity index (χ1n) is 4.62. The summed E-state index contributed by atoms with van der Waals surface area (Å²) in [4.78, 5) is 21.1. The summed E-state index contributed by atoms with van der Waals surface area (Å²) in [5, 5.41) is 10.5. The minimum absolute atomic E-state index is 0.114. The van der Waals surface area contributed by atoms with Crippen molar-refractivity contribution in [3.63, 3.8) is 0 Å². The van der Waals surface area contributed by atoms with Crippen LogP contribution in [0.5, 0.6) is 0 Å². The van der Waals surface area contributed by atoms with Crippen molar-refractivity contribution in [3.05, 3.63) is 47.5 Å². The van der Waals surface area contributed by atoms with E-state index in [-0.39, 0.29) is 12.1 Å². The first kappa shape index (κ1) is 12.8. The lowest BCUT2D eigenvalue weighted by Gasteiger charge is -2.03. The van der Waals surface area contributed by atoms with E-state index in [0.29, 0.717) is 12.1 Å². The number of halogens is 2. The van der Waals surface area contributed by atoms with Crippen LogP contribution < -0.4 is 5.32 Å². The number of carbonyl (C=O) groups is 2. The number of rotatable bonds is 4. The van der Waals surface area contributed by atoms with Crippen molar-refractivity contribution >= 4 is 11.9 Å². The maximum Gasteiger partial charge on any atom is 0.328 e. The van der Waals surface area contributed by atoms with Crippen LogP contribution in [0.2, 0.25) is 0 Å². The molecular weight excluding hydrogens is 232 g/mol. The Kier molecular flexibility index (Phi) is 4.33. The second kappa shape index (κ2) is 5.74. The lowest BCUT2D eigenvalue weighted by atomic mass is 10.2. The highest BCUT2D eigenvalue weighted by atomic mass is 19.1. The van der Waals surface area contributed by atoms with Crippen LogP contribution in [-0.4, -0.2) is 17.0 Å². The van der Waals surface area contributed by atoms with Crippen molar-refractivity contribution in [2.24, 2.45) is 0 Å². The fourth-order valence-corrected chi connectivity index (χ4v) is 1.05. The third-order valence-electron chi connectivity index (χ3n) is 1.85. The Morgan fingerprint density at radius 2 is 2.00 bits per heavy atom. The van der Waals surface area contributed by atoms with Crippen LogP contribution >= 0.6 is 0 Å². The molecule has 17 heavy (non-hydrogen) atoms. The van der Waals surface area contributed by atoms with Crippen LogP contribution in [0.4, 0.5) is 8.78 Å². The van der Waals surface area contributed by atoms with Gasteiger partial charge in [-0.2, -0.15) is 0 Å². The average Bonchev–Trinajstić information content (AvgIpc) is 2.25. The minimum Gasteiger partial charge on any atom is -0.478 e. The van der Waals surface area contributed by atoms with Crippen LogP contribution in [-0.2, 0) is 16.1 Å². The third kappa shape index (κ3) is 4.42. The van der Waals surface area contributed by atoms with E-state index in [1.807, 2.05) is 0 Å². The second-order valence-electron chi connectivity index (χ2n) is 3.13. The van der Waals surface area contributed by atoms with Crippen molar-refractivity contribution in [1.82, 2.24) is 5.32 Å². The van der Waals surface area contributed by atoms with Gasteiger partial charge in [-0.25, -0.2) is 13.6 Å². The number of amides is 1. The number of carbonyl (C=O) groups excluding carboxylic acids is 1. The Balaban J connectivity index is 2.56. The Bertz CT molecular complexity index is 472. The van der Waals surface area contributed by atoms with E-state index in [1.54, 1.807) is 0 Å². The highest BCUT2D eigenvalue weighted by molar-refractivity contribution is 5.93. The first-order valence-corrected chi connectivity index (χ1v) is 4.62. The minimum atomic E-state index is -1.26. The molecule has 0 unspecified atom stereocenters. The van der Waals surface area contributed by atoms with Gasteiger partial charge in [0.1, 0.15) is 11.6 Å². The Morgan fingerprint density at radius 3 is 2.59 bits per heavy atom. The standard InChI is InChI=1S/C11H9F2NO3/c12-8-2-1-7(9(13)5-8)6-14-10(15)3-4-11(16)17/h1-5H,6H2,(H,14,15)(H,16,17)/b4-3+. The predicted octanol–water partition coefficient (Wildman–Crippen LogP) is 1.22. The topological polar surface area (TPSA) is 66.4 Å². The number of carboxylic acids is 1. The zero-order valence-corrected chi connectivity index (χ0v) is 8.61. The van der Waals surface area contributed by atoms with Gasteiger partial charge < -0.3 is 10.4 Å². The zero-order valence-electron chi connectivity index (χ0n) is 8.61. The van der Waals surface area contributed by atoms with Gasteiger partial charge in [-0.05, 0) is 6.07 Å². The number of benzene rings is 1. The fourth-order valence-electron chi connectivity index (χ4n) is 1.05. The molecule has 1 amide bonds. The van der Waals surface area contributed by atoms with Gasteiger partial charge in [0.25, 0.3) is 0 Å². The molecule has 0 atom stereocenters. The molecule has 0 saturated carbocycles. The molecule has 0 aliphatic rings. The van der Waals surface area contributed by atoms with Gasteiger partial charge in [0.15, 0.2) is 0 Å². The molecule has 0 bridgehead atoms. The van der Waals surface area contributed by atoms with Crippen molar-refractivity contribution < 1.29 is 23.5 Å². The summed E-state index contributed by atoms with van der Waals surface area (Å²) < 4.78 is 25.7. The van der Waals surface area contributed by atoms with E-state index >= 15 is 0 Å². The molecule has 6 heteroatoms. The summed E-state index contributed by atoms with van der Waals surface area (Å²) in [6.45, 7) is -0.144. The average molecular weight is 241 g/mol. The molecule has 0 heterocycles. The molecule has 1 rings (SSSR count). The van der Waals surface area contributed by atoms with Crippen LogP contribution in [0.3, 0.4) is 0 Å². The van der Waals surface area contributed by atoms with E-state index in [4.69, 9.17) is 5.11 Å². The summed E-state index contributed by atoms with van der Waals surface area (Å²) in [7, 11) is 0. The molecule has 0 radical (unpaired) electrons. The monoisotopic (exact) mass is 241 g/mol. The zero-order chi connectivity index (χ0) is 12.8. The van der Waals surface area contributed by atoms with Gasteiger partial charge in [-0.3, -0.25) is 4.79 Å². The second-order valence-corrected chi connectivity index (χ2v) is 3.13. The fraction of sp³-hybridized carbons (Fsp3) is 0.0909. The van der Waals surface area contributed by atoms with Gasteiger partial charge in [-0.15, -0.1) is 0 Å². The number of aliphatic carboxylic acids is 1. The van der Waals surface area contributed by atoms with Crippen LogP contribution in [0, 0.1) is 11.6 Å². The van der Waals surface area contributed by atoms with Gasteiger partial charge in [0, 0.05) is 30.3 Å². The molecule has 4 nitrogen and oxygen atoms in total. The predicted molar refractivity (Wildman–Crippen MR) is 55.0 cm³/mol. The first-order chi connectivity index (χ1) is 7.99. The lowest BCUT2D eigenvalue weighted by molar-refractivity contribution is -0.131. The molecule has 2 N–H and O–H groups in total. The Labute approximate surface area is 95.6 Å². The highest BCUT2D eigenvalue weighted by Crippen LogP contribution is 2.08. The van der Waals surface area contributed by atoms with Crippen molar-refractivity contribution in [1.29, 1.82) is 0 Å². The Hall–Kier alpha value is -2.24. The van der Waals surface area contributed by atoms with E-state index in [2.05, 4.69) is 5.32 Å². The van der Waals surface area contributed by atoms with Gasteiger partial charge in [-0.1, -0.05) is 6.07 Å². The molecule has 0 aromatic heterocycles. The summed E-state index contributed by atoms with van der Waals surface area (Å²) in [5.41, 5.74) is 0.114. The number of hydrogen-bond donors (Lipinski definition) is 2. The van der Waals surface area contributed by atoms with E-state index in [9.17, 15) is 18.4 Å². The Morgan fingerprint density at radius 1 is 1.29 bits per heavy atom. The van der Waals surface area contributed by atoms with Gasteiger partial charge >= 0.3 is 5.97 Å². The summed E-state index contributed by atoms with van der Waals surface area (Å²) in [6.07, 6.45) is 1.47. The molecule has 0 fully saturated rings. The quantitative estimate of drug-likeness (QED) is 0.779. The number of hydrogen-bond acceptors (Lipinski definition) is 2. The van der Waals surface area contributed by atoms with Crippen molar-refractivity contribution in [2.75, 3.05) is 0 Å². The number of nitrogens with one attached hydrogen (secondary N) is 1. The molecular formula is C11H9F2NO3. The van der Waals surface area contributed by atoms with Crippen LogP contribution in [0.1, 0.15) is 5.56 Å². The summed E-state index contributed by atoms with van der Waals surface area (Å²) >= 11 is 0. The molecule has 0 spiro atoms. The van der Waals surface area contributed by atoms with Gasteiger partial charge in [0.2, 0.25) is 5.91 Å². The molecule has 0 aliphatic carbocycles. The van der Waals surface area contributed by atoms with Crippen molar-refractivity contribution in [2.45, 2.75) is 6.54 Å². The maximum atomic E-state index is 13.1. The number of carboxylic acid groups (broad SMARTS) is 1. The largest absolute Gasteiger partial charge is 0.478 e. The van der Waals surface area contributed by atoms with E-state index in [1.165, 1.54) is 6.07 Å². The van der Waals surface area contributed by atoms with Crippen LogP contribution in [0.25, 0.3) is 0 Å². The SMILES string of the molecule is O=C(O)/C=C/C(=O)NCc1ccc(F)cc1F. The normalized spacial score (nSPS) is 10.5. The maximum absolute atomic E-state index is 13.1. The molecule has 90 valence electrons. The summed E-state index contributed by atoms with van der Waals surface area (Å²) in [5.74, 6) is -3.40. The molecule has 1 aromatic carbocycles. The summed E-state index contributed by atoms with van der Waals surface area (Å²) in [6, 6.07) is 2.97. The van der Waals surface area contributed by atoms with E-state index < -0.39 is 23.5 Å². The molecule has 0 aliphatic heterocycles.